The minimum Gasteiger partial charge on any atom is -0.497 e. The zero-order valence-electron chi connectivity index (χ0n) is 27.8. The van der Waals surface area contributed by atoms with Gasteiger partial charge in [0.1, 0.15) is 11.5 Å². The molecule has 0 aliphatic heterocycles. The Labute approximate surface area is 290 Å². The van der Waals surface area contributed by atoms with Crippen molar-refractivity contribution in [2.45, 2.75) is 0 Å². The van der Waals surface area contributed by atoms with Crippen molar-refractivity contribution in [3.8, 4) is 11.5 Å². The molecule has 240 valence electrons. The molecule has 0 amide bonds. The Bertz CT molecular complexity index is 1920. The van der Waals surface area contributed by atoms with E-state index in [2.05, 4.69) is 163 Å². The van der Waals surface area contributed by atoms with Crippen molar-refractivity contribution in [1.29, 1.82) is 0 Å². The molecule has 3 nitrogen and oxygen atoms in total. The molecule has 0 aliphatic carbocycles. The van der Waals surface area contributed by atoms with E-state index in [0.717, 1.165) is 56.4 Å². The smallest absolute Gasteiger partial charge is 0.118 e. The number of hydrogen-bond acceptors (Lipinski definition) is 3. The summed E-state index contributed by atoms with van der Waals surface area (Å²) in [7, 11) is 3.37. The van der Waals surface area contributed by atoms with E-state index in [4.69, 9.17) is 9.47 Å². The van der Waals surface area contributed by atoms with Crippen molar-refractivity contribution < 1.29 is 9.47 Å². The molecule has 3 heteroatoms. The van der Waals surface area contributed by atoms with Crippen LogP contribution in [0.25, 0.3) is 36.5 Å². The zero-order valence-corrected chi connectivity index (χ0v) is 27.8. The fraction of sp³-hybridized carbons (Fsp3) is 0.0435. The normalized spacial score (nSPS) is 11.6. The van der Waals surface area contributed by atoms with E-state index >= 15 is 0 Å². The van der Waals surface area contributed by atoms with Crippen molar-refractivity contribution in [3.05, 3.63) is 197 Å². The molecule has 0 radical (unpaired) electrons. The van der Waals surface area contributed by atoms with Crippen molar-refractivity contribution in [1.82, 2.24) is 0 Å². The highest BCUT2D eigenvalue weighted by molar-refractivity contribution is 5.80. The highest BCUT2D eigenvalue weighted by Gasteiger charge is 2.12. The Balaban J connectivity index is 1.23. The Hall–Kier alpha value is -6.32. The number of rotatable bonds is 12. The van der Waals surface area contributed by atoms with Gasteiger partial charge < -0.3 is 14.4 Å². The van der Waals surface area contributed by atoms with Gasteiger partial charge in [-0.2, -0.15) is 0 Å². The van der Waals surface area contributed by atoms with Gasteiger partial charge in [-0.3, -0.25) is 0 Å². The van der Waals surface area contributed by atoms with Crippen LogP contribution in [0.5, 0.6) is 11.5 Å². The van der Waals surface area contributed by atoms with Gasteiger partial charge >= 0.3 is 0 Å². The number of ether oxygens (including phenoxy) is 2. The van der Waals surface area contributed by atoms with E-state index in [1.54, 1.807) is 14.2 Å². The van der Waals surface area contributed by atoms with Gasteiger partial charge in [0.15, 0.2) is 0 Å². The average Bonchev–Trinajstić information content (AvgIpc) is 3.17. The van der Waals surface area contributed by atoms with Gasteiger partial charge in [0.2, 0.25) is 0 Å². The third-order valence-electron chi connectivity index (χ3n) is 8.11. The van der Waals surface area contributed by atoms with E-state index in [1.165, 1.54) is 5.56 Å². The summed E-state index contributed by atoms with van der Waals surface area (Å²) in [5.41, 5.74) is 10.1. The van der Waals surface area contributed by atoms with Gasteiger partial charge in [0, 0.05) is 17.1 Å². The lowest BCUT2D eigenvalue weighted by molar-refractivity contribution is 0.414. The molecule has 0 spiro atoms. The molecule has 0 heterocycles. The van der Waals surface area contributed by atoms with Crippen LogP contribution in [0.1, 0.15) is 33.4 Å². The maximum Gasteiger partial charge on any atom is 0.118 e. The summed E-state index contributed by atoms with van der Waals surface area (Å²) < 4.78 is 10.6. The van der Waals surface area contributed by atoms with E-state index in [0.29, 0.717) is 0 Å². The van der Waals surface area contributed by atoms with E-state index < -0.39 is 0 Å². The Morgan fingerprint density at radius 3 is 0.939 bits per heavy atom. The molecule has 0 N–H and O–H groups in total. The van der Waals surface area contributed by atoms with Crippen LogP contribution in [-0.4, -0.2) is 14.2 Å². The second kappa shape index (κ2) is 16.5. The molecule has 6 aromatic rings. The van der Waals surface area contributed by atoms with Gasteiger partial charge in [-0.05, 0) is 94.0 Å². The lowest BCUT2D eigenvalue weighted by Gasteiger charge is -2.26. The van der Waals surface area contributed by atoms with Crippen LogP contribution in [0.3, 0.4) is 0 Å². The van der Waals surface area contributed by atoms with Crippen LogP contribution < -0.4 is 14.4 Å². The predicted octanol–water partition coefficient (Wildman–Crippen LogP) is 12.2. The molecule has 0 saturated carbocycles. The molecule has 0 atom stereocenters. The molecule has 0 unspecified atom stereocenters. The summed E-state index contributed by atoms with van der Waals surface area (Å²) in [5, 5.41) is 0. The van der Waals surface area contributed by atoms with Crippen molar-refractivity contribution in [2.24, 2.45) is 0 Å². The van der Waals surface area contributed by atoms with Crippen molar-refractivity contribution in [3.63, 3.8) is 0 Å². The molecule has 0 fully saturated rings. The third kappa shape index (κ3) is 9.15. The third-order valence-corrected chi connectivity index (χ3v) is 8.11. The lowest BCUT2D eigenvalue weighted by Crippen LogP contribution is -2.09. The van der Waals surface area contributed by atoms with E-state index in [9.17, 15) is 0 Å². The number of methoxy groups -OCH3 is 2. The number of anilines is 3. The Morgan fingerprint density at radius 1 is 0.327 bits per heavy atom. The van der Waals surface area contributed by atoms with E-state index in [1.807, 2.05) is 42.5 Å². The van der Waals surface area contributed by atoms with Crippen LogP contribution in [-0.2, 0) is 0 Å². The number of nitrogens with zero attached hydrogens (tertiary/aromatic N) is 1. The summed E-state index contributed by atoms with van der Waals surface area (Å²) in [6, 6.07) is 52.4. The van der Waals surface area contributed by atoms with Gasteiger partial charge in [-0.15, -0.1) is 0 Å². The first kappa shape index (κ1) is 32.6. The minimum atomic E-state index is 0.854. The second-order valence-electron chi connectivity index (χ2n) is 11.5. The maximum atomic E-state index is 5.29. The molecule has 0 aromatic heterocycles. The van der Waals surface area contributed by atoms with E-state index in [-0.39, 0.29) is 0 Å². The monoisotopic (exact) mass is 637 g/mol. The second-order valence-corrected chi connectivity index (χ2v) is 11.5. The summed E-state index contributed by atoms with van der Waals surface area (Å²) in [6.45, 7) is 0. The molecule has 49 heavy (non-hydrogen) atoms. The summed E-state index contributed by atoms with van der Waals surface area (Å²) in [5.74, 6) is 1.71. The molecule has 6 aromatic carbocycles. The number of benzene rings is 6. The largest absolute Gasteiger partial charge is 0.497 e. The highest BCUT2D eigenvalue weighted by Crippen LogP contribution is 2.35. The van der Waals surface area contributed by atoms with Gasteiger partial charge in [-0.25, -0.2) is 0 Å². The van der Waals surface area contributed by atoms with Crippen molar-refractivity contribution in [2.75, 3.05) is 19.1 Å². The molecule has 6 rings (SSSR count). The SMILES string of the molecule is COc1ccc(/C=C/c2ccc(N(c3ccc(/C=C/C=C/c4ccccc4)cc3)c3ccc(/C=C/c4ccc(OC)cc4)cc3)cc2)cc1. The Morgan fingerprint density at radius 2 is 0.612 bits per heavy atom. The first-order valence-electron chi connectivity index (χ1n) is 16.3. The first-order chi connectivity index (χ1) is 24.2. The standard InChI is InChI=1S/C46H39NO2/c1-48-45-32-22-40(23-33-45)14-12-38-18-28-43(29-19-38)47(42-26-16-37(17-27-42)11-7-6-10-36-8-4-3-5-9-36)44-30-20-39(21-31-44)13-15-41-24-34-46(49-2)35-25-41/h3-35H,1-2H3/b10-6+,11-7+,14-12+,15-13+. The fourth-order valence-electron chi connectivity index (χ4n) is 5.36. The Kier molecular flexibility index (Phi) is 11.0. The highest BCUT2D eigenvalue weighted by atomic mass is 16.5. The summed E-state index contributed by atoms with van der Waals surface area (Å²) >= 11 is 0. The van der Waals surface area contributed by atoms with Gasteiger partial charge in [0.05, 0.1) is 14.2 Å². The quantitative estimate of drug-likeness (QED) is 0.0984. The van der Waals surface area contributed by atoms with Crippen LogP contribution in [0.2, 0.25) is 0 Å². The summed E-state index contributed by atoms with van der Waals surface area (Å²) in [6.07, 6.45) is 16.9. The van der Waals surface area contributed by atoms with Gasteiger partial charge in [0.25, 0.3) is 0 Å². The van der Waals surface area contributed by atoms with Crippen LogP contribution in [0.4, 0.5) is 17.1 Å². The van der Waals surface area contributed by atoms with Crippen LogP contribution >= 0.6 is 0 Å². The number of allylic oxidation sites excluding steroid dienone is 2. The fourth-order valence-corrected chi connectivity index (χ4v) is 5.36. The molecular formula is C46H39NO2. The molecular weight excluding hydrogens is 599 g/mol. The van der Waals surface area contributed by atoms with Gasteiger partial charge in [-0.1, -0.05) is 140 Å². The molecule has 0 bridgehead atoms. The maximum absolute atomic E-state index is 5.29. The van der Waals surface area contributed by atoms with Crippen LogP contribution in [0, 0.1) is 0 Å². The topological polar surface area (TPSA) is 21.7 Å². The predicted molar refractivity (Wildman–Crippen MR) is 209 cm³/mol. The lowest BCUT2D eigenvalue weighted by atomic mass is 10.1. The molecule has 0 saturated heterocycles. The van der Waals surface area contributed by atoms with Crippen LogP contribution in [0.15, 0.2) is 164 Å². The average molecular weight is 638 g/mol. The molecule has 0 aliphatic rings. The first-order valence-corrected chi connectivity index (χ1v) is 16.3. The number of hydrogen-bond donors (Lipinski definition) is 0. The minimum absolute atomic E-state index is 0.854. The zero-order chi connectivity index (χ0) is 33.7. The summed E-state index contributed by atoms with van der Waals surface area (Å²) in [4.78, 5) is 2.29. The van der Waals surface area contributed by atoms with Crippen molar-refractivity contribution >= 4 is 53.5 Å².